The summed E-state index contributed by atoms with van der Waals surface area (Å²) in [6, 6.07) is 12.0. The lowest BCUT2D eigenvalue weighted by atomic mass is 10.3. The van der Waals surface area contributed by atoms with Crippen molar-refractivity contribution in [2.75, 3.05) is 0 Å². The largest absolute Gasteiger partial charge is 0.218 e. The molecule has 88 valence electrons. The molecule has 0 bridgehead atoms. The second-order valence-corrected chi connectivity index (χ2v) is 6.14. The standard InChI is InChI=1S/C12H8BrFO2S/c13-10-7-4-8-11(12(10)14)17(15,16)9-5-2-1-3-6-9/h1-8H. The highest BCUT2D eigenvalue weighted by Crippen LogP contribution is 2.27. The van der Waals surface area contributed by atoms with Gasteiger partial charge in [0.25, 0.3) is 0 Å². The highest BCUT2D eigenvalue weighted by atomic mass is 79.9. The van der Waals surface area contributed by atoms with Crippen LogP contribution in [0, 0.1) is 5.82 Å². The lowest BCUT2D eigenvalue weighted by molar-refractivity contribution is 0.563. The van der Waals surface area contributed by atoms with Crippen molar-refractivity contribution < 1.29 is 12.8 Å². The van der Waals surface area contributed by atoms with Gasteiger partial charge in [-0.1, -0.05) is 24.3 Å². The topological polar surface area (TPSA) is 34.1 Å². The van der Waals surface area contributed by atoms with E-state index in [9.17, 15) is 12.8 Å². The number of rotatable bonds is 2. The zero-order valence-corrected chi connectivity index (χ0v) is 11.0. The molecule has 0 heterocycles. The molecule has 0 fully saturated rings. The summed E-state index contributed by atoms with van der Waals surface area (Å²) in [6.45, 7) is 0. The number of benzene rings is 2. The molecule has 0 aliphatic carbocycles. The molecule has 0 aromatic heterocycles. The number of halogens is 2. The van der Waals surface area contributed by atoms with E-state index in [-0.39, 0.29) is 14.3 Å². The molecule has 0 aliphatic heterocycles. The van der Waals surface area contributed by atoms with Gasteiger partial charge in [0, 0.05) is 0 Å². The first-order chi connectivity index (χ1) is 8.03. The molecule has 0 amide bonds. The Morgan fingerprint density at radius 3 is 2.24 bits per heavy atom. The lowest BCUT2D eigenvalue weighted by Gasteiger charge is -2.06. The van der Waals surface area contributed by atoms with E-state index in [0.717, 1.165) is 0 Å². The SMILES string of the molecule is O=S(=O)(c1ccccc1)c1cccc(Br)c1F. The quantitative estimate of drug-likeness (QED) is 0.851. The van der Waals surface area contributed by atoms with Crippen molar-refractivity contribution in [3.8, 4) is 0 Å². The van der Waals surface area contributed by atoms with Crippen molar-refractivity contribution in [3.63, 3.8) is 0 Å². The Balaban J connectivity index is 2.65. The maximum Gasteiger partial charge on any atom is 0.209 e. The summed E-state index contributed by atoms with van der Waals surface area (Å²) in [4.78, 5) is -0.241. The summed E-state index contributed by atoms with van der Waals surface area (Å²) in [5, 5.41) is 0. The maximum atomic E-state index is 13.8. The van der Waals surface area contributed by atoms with Gasteiger partial charge in [-0.3, -0.25) is 0 Å². The average Bonchev–Trinajstić information content (AvgIpc) is 2.33. The van der Waals surface area contributed by atoms with E-state index in [1.54, 1.807) is 18.2 Å². The summed E-state index contributed by atoms with van der Waals surface area (Å²) < 4.78 is 38.2. The summed E-state index contributed by atoms with van der Waals surface area (Å²) in [5.74, 6) is -0.767. The van der Waals surface area contributed by atoms with Crippen LogP contribution in [0.5, 0.6) is 0 Å². The van der Waals surface area contributed by atoms with Crippen LogP contribution >= 0.6 is 15.9 Å². The normalized spacial score (nSPS) is 11.4. The third-order valence-electron chi connectivity index (χ3n) is 2.26. The molecule has 2 aromatic rings. The van der Waals surface area contributed by atoms with Gasteiger partial charge < -0.3 is 0 Å². The molecule has 17 heavy (non-hydrogen) atoms. The van der Waals surface area contributed by atoms with Crippen molar-refractivity contribution in [1.82, 2.24) is 0 Å². The summed E-state index contributed by atoms with van der Waals surface area (Å²) >= 11 is 2.97. The third-order valence-corrected chi connectivity index (χ3v) is 4.66. The minimum atomic E-state index is -3.80. The number of hydrogen-bond acceptors (Lipinski definition) is 2. The van der Waals surface area contributed by atoms with Gasteiger partial charge >= 0.3 is 0 Å². The fourth-order valence-electron chi connectivity index (χ4n) is 1.42. The first kappa shape index (κ1) is 12.3. The Bertz CT molecular complexity index is 639. The molecule has 2 rings (SSSR count). The van der Waals surface area contributed by atoms with Crippen LogP contribution in [0.3, 0.4) is 0 Å². The molecule has 0 spiro atoms. The minimum absolute atomic E-state index is 0.0806. The zero-order chi connectivity index (χ0) is 12.5. The molecule has 0 saturated carbocycles. The molecule has 2 aromatic carbocycles. The molecule has 0 atom stereocenters. The van der Waals surface area contributed by atoms with E-state index < -0.39 is 15.7 Å². The van der Waals surface area contributed by atoms with Crippen molar-refractivity contribution in [1.29, 1.82) is 0 Å². The van der Waals surface area contributed by atoms with E-state index in [1.807, 2.05) is 0 Å². The molecular weight excluding hydrogens is 307 g/mol. The van der Waals surface area contributed by atoms with Gasteiger partial charge in [0.2, 0.25) is 9.84 Å². The smallest absolute Gasteiger partial charge is 0.209 e. The van der Waals surface area contributed by atoms with E-state index in [2.05, 4.69) is 15.9 Å². The van der Waals surface area contributed by atoms with Gasteiger partial charge in [-0.2, -0.15) is 0 Å². The zero-order valence-electron chi connectivity index (χ0n) is 8.60. The van der Waals surface area contributed by atoms with Crippen LogP contribution in [0.1, 0.15) is 0 Å². The monoisotopic (exact) mass is 314 g/mol. The Labute approximate surface area is 107 Å². The van der Waals surface area contributed by atoms with Crippen molar-refractivity contribution in [3.05, 3.63) is 58.8 Å². The maximum absolute atomic E-state index is 13.8. The molecule has 0 unspecified atom stereocenters. The Morgan fingerprint density at radius 1 is 0.941 bits per heavy atom. The molecule has 5 heteroatoms. The van der Waals surface area contributed by atoms with Crippen molar-refractivity contribution in [2.24, 2.45) is 0 Å². The van der Waals surface area contributed by atoms with E-state index in [1.165, 1.54) is 30.3 Å². The van der Waals surface area contributed by atoms with Crippen molar-refractivity contribution >= 4 is 25.8 Å². The van der Waals surface area contributed by atoms with Gasteiger partial charge in [-0.15, -0.1) is 0 Å². The van der Waals surface area contributed by atoms with Crippen LogP contribution in [0.25, 0.3) is 0 Å². The molecule has 2 nitrogen and oxygen atoms in total. The molecule has 0 aliphatic rings. The van der Waals surface area contributed by atoms with Gasteiger partial charge in [-0.05, 0) is 40.2 Å². The molecule has 0 saturated heterocycles. The summed E-state index contributed by atoms with van der Waals surface area (Å²) in [6.07, 6.45) is 0. The fourth-order valence-corrected chi connectivity index (χ4v) is 3.29. The van der Waals surface area contributed by atoms with Crippen molar-refractivity contribution in [2.45, 2.75) is 9.79 Å². The van der Waals surface area contributed by atoms with Crippen LogP contribution in [0.2, 0.25) is 0 Å². The summed E-state index contributed by atoms with van der Waals surface area (Å²) in [5.41, 5.74) is 0. The van der Waals surface area contributed by atoms with Crippen LogP contribution in [-0.4, -0.2) is 8.42 Å². The van der Waals surface area contributed by atoms with Crippen LogP contribution in [0.15, 0.2) is 62.8 Å². The Kier molecular flexibility index (Phi) is 3.31. The fraction of sp³-hybridized carbons (Fsp3) is 0. The third kappa shape index (κ3) is 2.25. The second kappa shape index (κ2) is 4.58. The molecule has 0 N–H and O–H groups in total. The predicted molar refractivity (Wildman–Crippen MR) is 66.0 cm³/mol. The Hall–Kier alpha value is -1.20. The first-order valence-corrected chi connectivity index (χ1v) is 7.05. The van der Waals surface area contributed by atoms with Crippen LogP contribution in [0.4, 0.5) is 4.39 Å². The van der Waals surface area contributed by atoms with E-state index in [4.69, 9.17) is 0 Å². The highest BCUT2D eigenvalue weighted by Gasteiger charge is 2.22. The molecule has 0 radical (unpaired) electrons. The van der Waals surface area contributed by atoms with Crippen LogP contribution < -0.4 is 0 Å². The highest BCUT2D eigenvalue weighted by molar-refractivity contribution is 9.10. The van der Waals surface area contributed by atoms with Gasteiger partial charge in [0.1, 0.15) is 4.90 Å². The Morgan fingerprint density at radius 2 is 1.59 bits per heavy atom. The van der Waals surface area contributed by atoms with Gasteiger partial charge in [0.15, 0.2) is 5.82 Å². The number of hydrogen-bond donors (Lipinski definition) is 0. The lowest BCUT2D eigenvalue weighted by Crippen LogP contribution is -2.04. The average molecular weight is 315 g/mol. The van der Waals surface area contributed by atoms with E-state index >= 15 is 0 Å². The predicted octanol–water partition coefficient (Wildman–Crippen LogP) is 3.42. The van der Waals surface area contributed by atoms with Gasteiger partial charge in [-0.25, -0.2) is 12.8 Å². The first-order valence-electron chi connectivity index (χ1n) is 4.77. The number of sulfone groups is 1. The van der Waals surface area contributed by atoms with E-state index in [0.29, 0.717) is 0 Å². The second-order valence-electron chi connectivity index (χ2n) is 3.37. The minimum Gasteiger partial charge on any atom is -0.218 e. The summed E-state index contributed by atoms with van der Waals surface area (Å²) in [7, 11) is -3.80. The van der Waals surface area contributed by atoms with Gasteiger partial charge in [0.05, 0.1) is 9.37 Å². The molecular formula is C12H8BrFO2S. The van der Waals surface area contributed by atoms with Crippen LogP contribution in [-0.2, 0) is 9.84 Å².